The number of benzene rings is 1. The molecule has 0 spiro atoms. The van der Waals surface area contributed by atoms with Crippen molar-refractivity contribution in [2.75, 3.05) is 0 Å². The van der Waals surface area contributed by atoms with Gasteiger partial charge >= 0.3 is 0 Å². The van der Waals surface area contributed by atoms with Gasteiger partial charge < -0.3 is 0 Å². The lowest BCUT2D eigenvalue weighted by molar-refractivity contribution is 0.149. The lowest BCUT2D eigenvalue weighted by Crippen LogP contribution is -2.00. The van der Waals surface area contributed by atoms with Gasteiger partial charge in [-0.15, -0.1) is 0 Å². The first-order valence-corrected chi connectivity index (χ1v) is 6.03. The fraction of sp³-hybridized carbons (Fsp3) is 0.571. The Hall–Kier alpha value is -0.920. The van der Waals surface area contributed by atoms with Crippen LogP contribution in [0, 0.1) is 0 Å². The molecule has 1 aromatic carbocycles. The molecule has 0 N–H and O–H groups in total. The normalized spacial score (nSPS) is 13.1. The van der Waals surface area contributed by atoms with Crippen LogP contribution in [0.4, 0.5) is 8.78 Å². The summed E-state index contributed by atoms with van der Waals surface area (Å²) in [5.41, 5.74) is 1.01. The van der Waals surface area contributed by atoms with Crippen molar-refractivity contribution in [1.82, 2.24) is 0 Å². The predicted octanol–water partition coefficient (Wildman–Crippen LogP) is 5.31. The van der Waals surface area contributed by atoms with Gasteiger partial charge in [-0.05, 0) is 17.9 Å². The molecule has 1 unspecified atom stereocenters. The van der Waals surface area contributed by atoms with E-state index in [1.807, 2.05) is 19.1 Å². The van der Waals surface area contributed by atoms with Crippen LogP contribution in [0.1, 0.15) is 63.0 Å². The third-order valence-electron chi connectivity index (χ3n) is 3.00. The highest BCUT2D eigenvalue weighted by Crippen LogP contribution is 2.30. The summed E-state index contributed by atoms with van der Waals surface area (Å²) in [5, 5.41) is 0. The molecule has 0 bridgehead atoms. The molecule has 0 radical (unpaired) electrons. The van der Waals surface area contributed by atoms with Crippen LogP contribution in [-0.4, -0.2) is 0 Å². The summed E-state index contributed by atoms with van der Waals surface area (Å²) in [6.45, 7) is 4.19. The predicted molar refractivity (Wildman–Crippen MR) is 64.0 cm³/mol. The number of alkyl halides is 2. The van der Waals surface area contributed by atoms with E-state index >= 15 is 0 Å². The second kappa shape index (κ2) is 6.62. The van der Waals surface area contributed by atoms with Gasteiger partial charge in [-0.3, -0.25) is 0 Å². The Morgan fingerprint density at radius 3 is 2.25 bits per heavy atom. The summed E-state index contributed by atoms with van der Waals surface area (Å²) >= 11 is 0. The fourth-order valence-electron chi connectivity index (χ4n) is 2.01. The standard InChI is InChI=1S/C14H20F2/c1-3-4-5-8-11(2)12-9-6-7-10-13(12)14(15)16/h6-7,9-11,14H,3-5,8H2,1-2H3. The van der Waals surface area contributed by atoms with Crippen molar-refractivity contribution in [2.45, 2.75) is 51.9 Å². The molecule has 0 aliphatic carbocycles. The number of hydrogen-bond acceptors (Lipinski definition) is 0. The van der Waals surface area contributed by atoms with Crippen LogP contribution in [0.25, 0.3) is 0 Å². The molecular weight excluding hydrogens is 206 g/mol. The van der Waals surface area contributed by atoms with Gasteiger partial charge in [0.15, 0.2) is 0 Å². The van der Waals surface area contributed by atoms with Crippen LogP contribution in [0.5, 0.6) is 0 Å². The van der Waals surface area contributed by atoms with E-state index in [9.17, 15) is 8.78 Å². The zero-order valence-electron chi connectivity index (χ0n) is 10.0. The zero-order chi connectivity index (χ0) is 12.0. The Labute approximate surface area is 96.7 Å². The Morgan fingerprint density at radius 2 is 1.69 bits per heavy atom. The maximum Gasteiger partial charge on any atom is 0.264 e. The smallest absolute Gasteiger partial charge is 0.205 e. The molecule has 0 heterocycles. The van der Waals surface area contributed by atoms with Crippen molar-refractivity contribution in [3.8, 4) is 0 Å². The van der Waals surface area contributed by atoms with E-state index in [4.69, 9.17) is 0 Å². The summed E-state index contributed by atoms with van der Waals surface area (Å²) in [5.74, 6) is 0.233. The largest absolute Gasteiger partial charge is 0.264 e. The van der Waals surface area contributed by atoms with Crippen molar-refractivity contribution in [3.63, 3.8) is 0 Å². The molecule has 0 nitrogen and oxygen atoms in total. The number of rotatable bonds is 6. The first kappa shape index (κ1) is 13.1. The summed E-state index contributed by atoms with van der Waals surface area (Å²) < 4.78 is 25.6. The SMILES string of the molecule is CCCCCC(C)c1ccccc1C(F)F. The molecule has 0 amide bonds. The molecule has 0 saturated heterocycles. The summed E-state index contributed by atoms with van der Waals surface area (Å²) in [4.78, 5) is 0. The first-order valence-electron chi connectivity index (χ1n) is 6.03. The van der Waals surface area contributed by atoms with Gasteiger partial charge in [-0.2, -0.15) is 0 Å². The van der Waals surface area contributed by atoms with Crippen LogP contribution in [0.2, 0.25) is 0 Å². The third-order valence-corrected chi connectivity index (χ3v) is 3.00. The summed E-state index contributed by atoms with van der Waals surface area (Å²) in [6, 6.07) is 6.90. The van der Waals surface area contributed by atoms with Crippen molar-refractivity contribution in [1.29, 1.82) is 0 Å². The highest BCUT2D eigenvalue weighted by Gasteiger charge is 2.16. The minimum atomic E-state index is -2.36. The van der Waals surface area contributed by atoms with Crippen molar-refractivity contribution in [3.05, 3.63) is 35.4 Å². The van der Waals surface area contributed by atoms with Crippen molar-refractivity contribution in [2.24, 2.45) is 0 Å². The van der Waals surface area contributed by atoms with Crippen LogP contribution < -0.4 is 0 Å². The minimum Gasteiger partial charge on any atom is -0.205 e. The molecule has 0 aliphatic heterocycles. The van der Waals surface area contributed by atoms with E-state index < -0.39 is 6.43 Å². The van der Waals surface area contributed by atoms with E-state index in [2.05, 4.69) is 6.92 Å². The maximum absolute atomic E-state index is 12.8. The average Bonchev–Trinajstić information content (AvgIpc) is 2.29. The van der Waals surface area contributed by atoms with E-state index in [0.717, 1.165) is 18.4 Å². The zero-order valence-corrected chi connectivity index (χ0v) is 10.0. The molecule has 1 rings (SSSR count). The monoisotopic (exact) mass is 226 g/mol. The van der Waals surface area contributed by atoms with Gasteiger partial charge in [0.1, 0.15) is 0 Å². The Morgan fingerprint density at radius 1 is 1.06 bits per heavy atom. The molecule has 1 aromatic rings. The highest BCUT2D eigenvalue weighted by molar-refractivity contribution is 5.30. The Bertz CT molecular complexity index is 307. The molecule has 1 atom stereocenters. The lowest BCUT2D eigenvalue weighted by Gasteiger charge is -2.15. The summed E-state index contributed by atoms with van der Waals surface area (Å²) in [6.07, 6.45) is 2.11. The molecule has 0 aliphatic rings. The lowest BCUT2D eigenvalue weighted by atomic mass is 9.91. The van der Waals surface area contributed by atoms with Crippen LogP contribution in [0.3, 0.4) is 0 Å². The molecule has 2 heteroatoms. The highest BCUT2D eigenvalue weighted by atomic mass is 19.3. The second-order valence-electron chi connectivity index (χ2n) is 4.33. The Balaban J connectivity index is 2.70. The third kappa shape index (κ3) is 3.58. The van der Waals surface area contributed by atoms with Gasteiger partial charge in [-0.25, -0.2) is 8.78 Å². The molecular formula is C14H20F2. The number of unbranched alkanes of at least 4 members (excludes halogenated alkanes) is 2. The number of halogens is 2. The van der Waals surface area contributed by atoms with E-state index in [1.54, 1.807) is 6.07 Å². The second-order valence-corrected chi connectivity index (χ2v) is 4.33. The van der Waals surface area contributed by atoms with Gasteiger partial charge in [0.2, 0.25) is 0 Å². The average molecular weight is 226 g/mol. The van der Waals surface area contributed by atoms with Crippen LogP contribution >= 0.6 is 0 Å². The van der Waals surface area contributed by atoms with Gasteiger partial charge in [0, 0.05) is 5.56 Å². The van der Waals surface area contributed by atoms with E-state index in [0.29, 0.717) is 0 Å². The molecule has 16 heavy (non-hydrogen) atoms. The topological polar surface area (TPSA) is 0 Å². The van der Waals surface area contributed by atoms with Gasteiger partial charge in [0.25, 0.3) is 6.43 Å². The maximum atomic E-state index is 12.8. The molecule has 0 aromatic heterocycles. The van der Waals surface area contributed by atoms with Gasteiger partial charge in [-0.1, -0.05) is 57.4 Å². The van der Waals surface area contributed by atoms with Crippen molar-refractivity contribution >= 4 is 0 Å². The fourth-order valence-corrected chi connectivity index (χ4v) is 2.01. The molecule has 0 fully saturated rings. The molecule has 0 saturated carbocycles. The summed E-state index contributed by atoms with van der Waals surface area (Å²) in [7, 11) is 0. The van der Waals surface area contributed by atoms with Crippen LogP contribution in [-0.2, 0) is 0 Å². The van der Waals surface area contributed by atoms with E-state index in [-0.39, 0.29) is 11.5 Å². The quantitative estimate of drug-likeness (QED) is 0.577. The van der Waals surface area contributed by atoms with Crippen molar-refractivity contribution < 1.29 is 8.78 Å². The minimum absolute atomic E-state index is 0.200. The Kier molecular flexibility index (Phi) is 5.44. The van der Waals surface area contributed by atoms with E-state index in [1.165, 1.54) is 18.9 Å². The first-order chi connectivity index (χ1) is 7.66. The van der Waals surface area contributed by atoms with Gasteiger partial charge in [0.05, 0.1) is 0 Å². The molecule has 90 valence electrons. The van der Waals surface area contributed by atoms with Crippen LogP contribution in [0.15, 0.2) is 24.3 Å². The number of hydrogen-bond donors (Lipinski definition) is 0.